The van der Waals surface area contributed by atoms with Gasteiger partial charge in [-0.05, 0) is 44.0 Å². The van der Waals surface area contributed by atoms with Crippen molar-refractivity contribution in [1.82, 2.24) is 10.2 Å². The third-order valence-electron chi connectivity index (χ3n) is 3.05. The fourth-order valence-electron chi connectivity index (χ4n) is 1.85. The third-order valence-corrected chi connectivity index (χ3v) is 6.15. The maximum Gasteiger partial charge on any atom is 0.266 e. The van der Waals surface area contributed by atoms with Gasteiger partial charge in [0.25, 0.3) is 5.91 Å². The number of amides is 1. The molecule has 130 valence electrons. The monoisotopic (exact) mass is 389 g/mol. The summed E-state index contributed by atoms with van der Waals surface area (Å²) in [6, 6.07) is 3.48. The summed E-state index contributed by atoms with van der Waals surface area (Å²) in [5.74, 6) is 0.0580. The zero-order valence-corrected chi connectivity index (χ0v) is 15.8. The highest BCUT2D eigenvalue weighted by molar-refractivity contribution is 7.92. The van der Waals surface area contributed by atoms with Crippen molar-refractivity contribution in [2.24, 2.45) is 0 Å². The van der Waals surface area contributed by atoms with Crippen molar-refractivity contribution in [3.05, 3.63) is 28.3 Å². The molecule has 1 aromatic carbocycles. The van der Waals surface area contributed by atoms with Crippen molar-refractivity contribution in [1.29, 1.82) is 0 Å². The molecule has 2 aromatic rings. The van der Waals surface area contributed by atoms with Gasteiger partial charge < -0.3 is 4.74 Å². The minimum Gasteiger partial charge on any atom is -0.481 e. The zero-order chi connectivity index (χ0) is 18.1. The van der Waals surface area contributed by atoms with Crippen LogP contribution in [-0.4, -0.2) is 36.9 Å². The Morgan fingerprint density at radius 3 is 2.38 bits per heavy atom. The Bertz CT molecular complexity index is 857. The molecule has 0 spiro atoms. The van der Waals surface area contributed by atoms with Gasteiger partial charge in [0.15, 0.2) is 6.10 Å². The van der Waals surface area contributed by atoms with Gasteiger partial charge in [-0.15, -0.1) is 10.2 Å². The average Bonchev–Trinajstić information content (AvgIpc) is 2.93. The van der Waals surface area contributed by atoms with Crippen LogP contribution in [0.25, 0.3) is 0 Å². The maximum absolute atomic E-state index is 12.1. The molecule has 0 fully saturated rings. The summed E-state index contributed by atoms with van der Waals surface area (Å²) in [6.07, 6.45) is 0.214. The van der Waals surface area contributed by atoms with E-state index >= 15 is 0 Å². The molecule has 1 N–H and O–H groups in total. The van der Waals surface area contributed by atoms with Crippen molar-refractivity contribution >= 4 is 43.8 Å². The highest BCUT2D eigenvalue weighted by atomic mass is 35.5. The summed E-state index contributed by atoms with van der Waals surface area (Å²) < 4.78 is 28.2. The molecule has 0 unspecified atom stereocenters. The third kappa shape index (κ3) is 4.43. The Hall–Kier alpha value is -1.71. The van der Waals surface area contributed by atoms with Crippen molar-refractivity contribution < 1.29 is 17.9 Å². The minimum absolute atomic E-state index is 0.0966. The lowest BCUT2D eigenvalue weighted by Gasteiger charge is -2.15. The molecule has 0 saturated carbocycles. The number of ether oxygens (including phenoxy) is 1. The number of benzene rings is 1. The first kappa shape index (κ1) is 18.6. The highest BCUT2D eigenvalue weighted by Gasteiger charge is 2.20. The number of carbonyl (C=O) groups excluding carboxylic acids is 1. The molecule has 0 aliphatic heterocycles. The lowest BCUT2D eigenvalue weighted by atomic mass is 10.1. The normalized spacial score (nSPS) is 12.7. The second-order valence-electron chi connectivity index (χ2n) is 5.27. The first-order valence-corrected chi connectivity index (χ1v) is 9.94. The lowest BCUT2D eigenvalue weighted by molar-refractivity contribution is -0.122. The topological polar surface area (TPSA) is 98.2 Å². The molecule has 1 heterocycles. The van der Waals surface area contributed by atoms with Gasteiger partial charge in [0.05, 0.1) is 0 Å². The molecule has 0 bridgehead atoms. The van der Waals surface area contributed by atoms with Crippen LogP contribution >= 0.6 is 22.9 Å². The molecular formula is C14H16ClN3O4S2. The summed E-state index contributed by atoms with van der Waals surface area (Å²) in [7, 11) is -3.45. The van der Waals surface area contributed by atoms with Crippen molar-refractivity contribution in [2.45, 2.75) is 31.2 Å². The summed E-state index contributed by atoms with van der Waals surface area (Å²) in [4.78, 5) is 12.1. The van der Waals surface area contributed by atoms with Crippen LogP contribution < -0.4 is 10.1 Å². The van der Waals surface area contributed by atoms with E-state index in [-0.39, 0.29) is 9.47 Å². The molecule has 0 radical (unpaired) electrons. The summed E-state index contributed by atoms with van der Waals surface area (Å²) >= 11 is 6.88. The molecule has 2 rings (SSSR count). The van der Waals surface area contributed by atoms with E-state index in [0.717, 1.165) is 28.7 Å². The minimum atomic E-state index is -3.45. The summed E-state index contributed by atoms with van der Waals surface area (Å²) in [5.41, 5.74) is 1.70. The van der Waals surface area contributed by atoms with Gasteiger partial charge in [0, 0.05) is 11.3 Å². The molecule has 1 aromatic heterocycles. The number of carbonyl (C=O) groups is 1. The van der Waals surface area contributed by atoms with Gasteiger partial charge in [-0.2, -0.15) is 0 Å². The molecule has 10 heteroatoms. The van der Waals surface area contributed by atoms with Crippen molar-refractivity contribution in [3.63, 3.8) is 0 Å². The second-order valence-corrected chi connectivity index (χ2v) is 8.81. The van der Waals surface area contributed by atoms with Crippen LogP contribution in [0.4, 0.5) is 5.13 Å². The average molecular weight is 390 g/mol. The van der Waals surface area contributed by atoms with Crippen molar-refractivity contribution in [3.8, 4) is 5.75 Å². The van der Waals surface area contributed by atoms with Gasteiger partial charge in [-0.1, -0.05) is 22.9 Å². The summed E-state index contributed by atoms with van der Waals surface area (Å²) in [5, 5.41) is 10.4. The van der Waals surface area contributed by atoms with E-state index in [1.807, 2.05) is 13.8 Å². The van der Waals surface area contributed by atoms with Crippen LogP contribution in [0.3, 0.4) is 0 Å². The smallest absolute Gasteiger partial charge is 0.266 e. The second kappa shape index (κ2) is 7.04. The fraction of sp³-hybridized carbons (Fsp3) is 0.357. The first-order valence-electron chi connectivity index (χ1n) is 6.85. The van der Waals surface area contributed by atoms with E-state index in [0.29, 0.717) is 10.8 Å². The van der Waals surface area contributed by atoms with Gasteiger partial charge in [-0.3, -0.25) is 10.1 Å². The lowest BCUT2D eigenvalue weighted by Crippen LogP contribution is -2.30. The number of rotatable bonds is 5. The van der Waals surface area contributed by atoms with Gasteiger partial charge in [-0.25, -0.2) is 8.42 Å². The molecule has 24 heavy (non-hydrogen) atoms. The van der Waals surface area contributed by atoms with Crippen LogP contribution in [0.5, 0.6) is 5.75 Å². The Morgan fingerprint density at radius 2 is 1.88 bits per heavy atom. The number of aromatic nitrogens is 2. The number of anilines is 1. The molecule has 0 aliphatic rings. The molecule has 1 atom stereocenters. The largest absolute Gasteiger partial charge is 0.481 e. The predicted octanol–water partition coefficient (Wildman–Crippen LogP) is 2.62. The Morgan fingerprint density at radius 1 is 1.29 bits per heavy atom. The van der Waals surface area contributed by atoms with Gasteiger partial charge in [0.1, 0.15) is 5.75 Å². The maximum atomic E-state index is 12.1. The molecule has 1 amide bonds. The Kier molecular flexibility index (Phi) is 5.46. The molecule has 7 nitrogen and oxygen atoms in total. The van der Waals surface area contributed by atoms with E-state index in [1.165, 1.54) is 0 Å². The number of hydrogen-bond donors (Lipinski definition) is 1. The van der Waals surface area contributed by atoms with E-state index in [2.05, 4.69) is 15.5 Å². The van der Waals surface area contributed by atoms with Crippen molar-refractivity contribution in [2.75, 3.05) is 11.6 Å². The number of sulfone groups is 1. The predicted molar refractivity (Wildman–Crippen MR) is 92.7 cm³/mol. The number of hydrogen-bond acceptors (Lipinski definition) is 7. The van der Waals surface area contributed by atoms with Crippen LogP contribution in [0.1, 0.15) is 18.1 Å². The zero-order valence-electron chi connectivity index (χ0n) is 13.5. The number of halogens is 1. The van der Waals surface area contributed by atoms with Crippen LogP contribution in [0.2, 0.25) is 5.02 Å². The molecule has 0 saturated heterocycles. The van der Waals surface area contributed by atoms with E-state index in [9.17, 15) is 13.2 Å². The number of nitrogens with one attached hydrogen (secondary N) is 1. The highest BCUT2D eigenvalue weighted by Crippen LogP contribution is 2.26. The Balaban J connectivity index is 2.06. The number of aryl methyl sites for hydroxylation is 2. The molecule has 0 aliphatic carbocycles. The fourth-order valence-corrected chi connectivity index (χ4v) is 3.47. The van der Waals surface area contributed by atoms with E-state index < -0.39 is 21.8 Å². The van der Waals surface area contributed by atoms with Gasteiger partial charge in [0.2, 0.25) is 19.3 Å². The first-order chi connectivity index (χ1) is 11.1. The van der Waals surface area contributed by atoms with E-state index in [1.54, 1.807) is 19.1 Å². The quantitative estimate of drug-likeness (QED) is 0.789. The van der Waals surface area contributed by atoms with E-state index in [4.69, 9.17) is 16.3 Å². The Labute approximate surface area is 148 Å². The molecular weight excluding hydrogens is 374 g/mol. The van der Waals surface area contributed by atoms with Crippen LogP contribution in [0, 0.1) is 13.8 Å². The van der Waals surface area contributed by atoms with Crippen LogP contribution in [-0.2, 0) is 14.6 Å². The SMILES string of the molecule is Cc1cc(O[C@H](C)C(=O)Nc2nnc(S(C)(=O)=O)s2)cc(C)c1Cl. The van der Waals surface area contributed by atoms with Gasteiger partial charge >= 0.3 is 0 Å². The van der Waals surface area contributed by atoms with Crippen LogP contribution in [0.15, 0.2) is 16.5 Å². The standard InChI is InChI=1S/C14H16ClN3O4S2/c1-7-5-10(6-8(2)11(7)15)22-9(3)12(19)16-13-17-18-14(23-13)24(4,20)21/h5-6,9H,1-4H3,(H,16,17,19)/t9-/m1/s1. The number of nitrogens with zero attached hydrogens (tertiary/aromatic N) is 2. The summed E-state index contributed by atoms with van der Waals surface area (Å²) in [6.45, 7) is 5.27.